The maximum Gasteiger partial charge on any atom is 0.323 e. The van der Waals surface area contributed by atoms with Crippen LogP contribution in [0.5, 0.6) is 0 Å². The summed E-state index contributed by atoms with van der Waals surface area (Å²) in [7, 11) is 0. The molecule has 1 amide bonds. The minimum absolute atomic E-state index is 0.0523. The minimum Gasteiger partial charge on any atom is -0.463 e. The number of aromatic nitrogens is 3. The van der Waals surface area contributed by atoms with Crippen LogP contribution in [0, 0.1) is 22.7 Å². The molecule has 1 aliphatic carbocycles. The smallest absolute Gasteiger partial charge is 0.323 e. The van der Waals surface area contributed by atoms with E-state index in [0.29, 0.717) is 6.61 Å². The first-order valence-electron chi connectivity index (χ1n) is 17.2. The van der Waals surface area contributed by atoms with Crippen LogP contribution in [0.25, 0.3) is 5.52 Å². The van der Waals surface area contributed by atoms with Crippen LogP contribution in [0.3, 0.4) is 0 Å². The fraction of sp³-hybridized carbons (Fsp3) is 0.714. The maximum absolute atomic E-state index is 17.4. The first-order valence-corrected chi connectivity index (χ1v) is 17.2. The number of fused-ring (bicyclic) bond motifs is 1. The van der Waals surface area contributed by atoms with Crippen molar-refractivity contribution in [2.75, 3.05) is 18.5 Å². The molecular formula is C35H51FN6O7. The Hall–Kier alpha value is -3.67. The molecule has 270 valence electrons. The molecule has 3 heterocycles. The third-order valence-electron chi connectivity index (χ3n) is 9.62. The molecule has 0 radical (unpaired) electrons. The Morgan fingerprint density at radius 3 is 2.53 bits per heavy atom. The number of nitrogens with two attached hydrogens (primary N) is 1. The quantitative estimate of drug-likeness (QED) is 0.216. The predicted octanol–water partition coefficient (Wildman–Crippen LogP) is 4.91. The molecule has 0 spiro atoms. The second-order valence-corrected chi connectivity index (χ2v) is 14.9. The molecule has 13 nitrogen and oxygen atoms in total. The van der Waals surface area contributed by atoms with Crippen LogP contribution in [-0.2, 0) is 38.9 Å². The summed E-state index contributed by atoms with van der Waals surface area (Å²) in [6.45, 7) is 11.5. The highest BCUT2D eigenvalue weighted by molar-refractivity contribution is 5.98. The minimum atomic E-state index is -2.70. The molecule has 1 saturated carbocycles. The second kappa shape index (κ2) is 15.1. The number of nitrogens with one attached hydrogen (secondary N) is 1. The number of carbonyl (C=O) groups is 3. The van der Waals surface area contributed by atoms with E-state index < -0.39 is 65.0 Å². The highest BCUT2D eigenvalue weighted by Gasteiger charge is 2.69. The predicted molar refractivity (Wildman–Crippen MR) is 178 cm³/mol. The number of carbonyl (C=O) groups excluding carboxylic acids is 3. The van der Waals surface area contributed by atoms with Crippen LogP contribution in [-0.4, -0.2) is 75.2 Å². The summed E-state index contributed by atoms with van der Waals surface area (Å²) < 4.78 is 41.9. The number of amides is 1. The van der Waals surface area contributed by atoms with Crippen LogP contribution >= 0.6 is 0 Å². The summed E-state index contributed by atoms with van der Waals surface area (Å²) in [5.41, 5.74) is -0.647. The fourth-order valence-electron chi connectivity index (χ4n) is 6.27. The zero-order valence-electron chi connectivity index (χ0n) is 29.7. The van der Waals surface area contributed by atoms with Gasteiger partial charge in [0.1, 0.15) is 42.3 Å². The van der Waals surface area contributed by atoms with Crippen molar-refractivity contribution in [3.05, 3.63) is 24.2 Å². The molecule has 5 atom stereocenters. The van der Waals surface area contributed by atoms with Gasteiger partial charge in [0.25, 0.3) is 5.91 Å². The Labute approximate surface area is 287 Å². The lowest BCUT2D eigenvalue weighted by Gasteiger charge is -2.33. The van der Waals surface area contributed by atoms with Gasteiger partial charge in [-0.2, -0.15) is 10.4 Å². The number of hydrogen-bond donors (Lipinski definition) is 2. The Bertz CT molecular complexity index is 1540. The van der Waals surface area contributed by atoms with Crippen molar-refractivity contribution in [1.82, 2.24) is 14.6 Å². The van der Waals surface area contributed by atoms with Gasteiger partial charge in [-0.3, -0.25) is 14.4 Å². The van der Waals surface area contributed by atoms with Crippen molar-refractivity contribution in [1.29, 1.82) is 5.26 Å². The molecule has 2 aromatic rings. The lowest BCUT2D eigenvalue weighted by Crippen LogP contribution is -2.53. The van der Waals surface area contributed by atoms with Crippen LogP contribution in [0.2, 0.25) is 0 Å². The van der Waals surface area contributed by atoms with E-state index >= 15 is 4.39 Å². The average molecular weight is 687 g/mol. The summed E-state index contributed by atoms with van der Waals surface area (Å²) in [4.78, 5) is 43.5. The number of esters is 2. The van der Waals surface area contributed by atoms with Gasteiger partial charge in [-0.05, 0) is 63.5 Å². The largest absolute Gasteiger partial charge is 0.463 e. The molecular weight excluding hydrogens is 635 g/mol. The SMILES string of the molecule is CCCCOC(C)(C)C(=O)Nc1ncnn2c([C@]3(C#N)O[C@H](COC(=O)CC4CCCCC4)[C@@H](OC(=O)[C@@H](N)C(C)(C)C)[C@@]3(C)F)ccc12. The lowest BCUT2D eigenvalue weighted by atomic mass is 9.81. The Morgan fingerprint density at radius 2 is 1.90 bits per heavy atom. The van der Waals surface area contributed by atoms with E-state index in [1.165, 1.54) is 16.6 Å². The molecule has 0 unspecified atom stereocenters. The van der Waals surface area contributed by atoms with Gasteiger partial charge >= 0.3 is 11.9 Å². The fourth-order valence-corrected chi connectivity index (χ4v) is 6.27. The molecule has 14 heteroatoms. The van der Waals surface area contributed by atoms with Crippen molar-refractivity contribution < 1.29 is 37.7 Å². The summed E-state index contributed by atoms with van der Waals surface area (Å²) in [5, 5.41) is 17.7. The summed E-state index contributed by atoms with van der Waals surface area (Å²) in [5.74, 6) is -1.55. The second-order valence-electron chi connectivity index (χ2n) is 14.9. The first-order chi connectivity index (χ1) is 23.0. The van der Waals surface area contributed by atoms with Gasteiger partial charge < -0.3 is 30.0 Å². The number of unbranched alkanes of at least 4 members (excludes halogenated alkanes) is 1. The summed E-state index contributed by atoms with van der Waals surface area (Å²) in [6, 6.07) is 3.79. The maximum atomic E-state index is 17.4. The number of rotatable bonds is 13. The molecule has 4 rings (SSSR count). The highest BCUT2D eigenvalue weighted by Crippen LogP contribution is 2.51. The van der Waals surface area contributed by atoms with E-state index in [-0.39, 0.29) is 29.4 Å². The molecule has 1 saturated heterocycles. The molecule has 49 heavy (non-hydrogen) atoms. The molecule has 2 fully saturated rings. The first kappa shape index (κ1) is 38.1. The summed E-state index contributed by atoms with van der Waals surface area (Å²) >= 11 is 0. The number of anilines is 1. The molecule has 0 aromatic carbocycles. The van der Waals surface area contributed by atoms with Crippen LogP contribution < -0.4 is 11.1 Å². The van der Waals surface area contributed by atoms with Gasteiger partial charge in [-0.1, -0.05) is 53.4 Å². The standard InChI is InChI=1S/C35H51FN6O7/c1-8-9-17-47-33(5,6)31(45)41-29-23-15-16-25(42(23)40-21-39-29)35(20-37)34(7,36)28(48-30(44)27(38)32(2,3)4)24(49-35)19-46-26(43)18-22-13-11-10-12-14-22/h15-16,21-22,24,27-28H,8-14,17-19,38H2,1-7H3,(H,39,40,41,45)/t24-,27-,28-,34-,35+/m1/s1. The van der Waals surface area contributed by atoms with E-state index in [1.807, 2.05) is 13.0 Å². The van der Waals surface area contributed by atoms with Gasteiger partial charge in [0.05, 0.1) is 5.69 Å². The number of nitriles is 1. The number of ether oxygens (including phenoxy) is 4. The number of alkyl halides is 1. The normalized spacial score (nSPS) is 25.5. The van der Waals surface area contributed by atoms with E-state index in [1.54, 1.807) is 34.6 Å². The van der Waals surface area contributed by atoms with Gasteiger partial charge in [-0.15, -0.1) is 0 Å². The van der Waals surface area contributed by atoms with Gasteiger partial charge in [-0.25, -0.2) is 13.9 Å². The van der Waals surface area contributed by atoms with Crippen LogP contribution in [0.1, 0.15) is 106 Å². The van der Waals surface area contributed by atoms with Crippen LogP contribution in [0.4, 0.5) is 10.2 Å². The van der Waals surface area contributed by atoms with Crippen LogP contribution in [0.15, 0.2) is 18.5 Å². The van der Waals surface area contributed by atoms with Gasteiger partial charge in [0.15, 0.2) is 17.6 Å². The van der Waals surface area contributed by atoms with E-state index in [2.05, 4.69) is 15.4 Å². The van der Waals surface area contributed by atoms with Crippen molar-refractivity contribution in [2.45, 2.75) is 135 Å². The number of nitrogens with zero attached hydrogens (tertiary/aromatic N) is 4. The molecule has 0 bridgehead atoms. The van der Waals surface area contributed by atoms with Crippen molar-refractivity contribution >= 4 is 29.2 Å². The highest BCUT2D eigenvalue weighted by atomic mass is 19.1. The topological polar surface area (TPSA) is 180 Å². The summed E-state index contributed by atoms with van der Waals surface area (Å²) in [6.07, 6.45) is 5.07. The number of hydrogen-bond acceptors (Lipinski definition) is 11. The Kier molecular flexibility index (Phi) is 11.7. The Balaban J connectivity index is 1.67. The third-order valence-corrected chi connectivity index (χ3v) is 9.62. The van der Waals surface area contributed by atoms with Crippen molar-refractivity contribution in [3.63, 3.8) is 0 Å². The Morgan fingerprint density at radius 1 is 1.20 bits per heavy atom. The zero-order valence-corrected chi connectivity index (χ0v) is 29.7. The van der Waals surface area contributed by atoms with E-state index in [4.69, 9.17) is 24.7 Å². The van der Waals surface area contributed by atoms with Crippen molar-refractivity contribution in [2.24, 2.45) is 17.1 Å². The monoisotopic (exact) mass is 686 g/mol. The van der Waals surface area contributed by atoms with Crippen molar-refractivity contribution in [3.8, 4) is 6.07 Å². The molecule has 3 N–H and O–H groups in total. The number of halogens is 1. The van der Waals surface area contributed by atoms with E-state index in [9.17, 15) is 19.6 Å². The molecule has 2 aliphatic rings. The molecule has 2 aromatic heterocycles. The lowest BCUT2D eigenvalue weighted by molar-refractivity contribution is -0.165. The third kappa shape index (κ3) is 8.05. The zero-order chi connectivity index (χ0) is 36.2. The van der Waals surface area contributed by atoms with E-state index in [0.717, 1.165) is 58.2 Å². The van der Waals surface area contributed by atoms with Gasteiger partial charge in [0.2, 0.25) is 5.60 Å². The average Bonchev–Trinajstić information content (AvgIpc) is 3.57. The molecule has 1 aliphatic heterocycles. The van der Waals surface area contributed by atoms with Gasteiger partial charge in [0, 0.05) is 13.0 Å².